The number of amides is 2. The van der Waals surface area contributed by atoms with Crippen LogP contribution in [0.1, 0.15) is 71.9 Å². The fourth-order valence-electron chi connectivity index (χ4n) is 4.31. The summed E-state index contributed by atoms with van der Waals surface area (Å²) in [5, 5.41) is 5.46. The average molecular weight is 495 g/mol. The lowest BCUT2D eigenvalue weighted by molar-refractivity contribution is -0.163. The van der Waals surface area contributed by atoms with Gasteiger partial charge in [0.05, 0.1) is 0 Å². The van der Waals surface area contributed by atoms with Gasteiger partial charge in [-0.05, 0) is 62.8 Å². The number of hydrogen-bond donors (Lipinski definition) is 2. The minimum atomic E-state index is -1.26. The van der Waals surface area contributed by atoms with Crippen LogP contribution < -0.4 is 10.6 Å². The molecule has 0 saturated carbocycles. The molecule has 2 atom stereocenters. The maximum atomic E-state index is 13.2. The number of carbonyl (C=O) groups excluding carboxylic acids is 3. The van der Waals surface area contributed by atoms with Crippen molar-refractivity contribution in [2.75, 3.05) is 6.61 Å². The molecule has 1 aliphatic carbocycles. The molecule has 0 spiro atoms. The first-order valence-corrected chi connectivity index (χ1v) is 12.5. The summed E-state index contributed by atoms with van der Waals surface area (Å²) in [7, 11) is 0. The fourth-order valence-corrected chi connectivity index (χ4v) is 4.31. The van der Waals surface area contributed by atoms with Crippen molar-refractivity contribution in [3.05, 3.63) is 59.7 Å². The van der Waals surface area contributed by atoms with E-state index >= 15 is 0 Å². The Kier molecular flexibility index (Phi) is 8.12. The fraction of sp³-hybridized carbons (Fsp3) is 0.483. The van der Waals surface area contributed by atoms with E-state index in [2.05, 4.69) is 34.9 Å². The van der Waals surface area contributed by atoms with E-state index in [1.807, 2.05) is 38.1 Å². The van der Waals surface area contributed by atoms with Gasteiger partial charge in [0.2, 0.25) is 5.91 Å². The SMILES string of the molecule is CC[C@H](C)[C@H](NC(=O)OCC1c2ccccc2-c2ccccc21)C(=O)NC(C)(C)C(=O)OC(C)(C)C. The van der Waals surface area contributed by atoms with E-state index in [0.29, 0.717) is 6.42 Å². The van der Waals surface area contributed by atoms with Crippen molar-refractivity contribution in [2.24, 2.45) is 5.92 Å². The highest BCUT2D eigenvalue weighted by molar-refractivity contribution is 5.91. The van der Waals surface area contributed by atoms with Crippen LogP contribution in [0.25, 0.3) is 11.1 Å². The topological polar surface area (TPSA) is 93.7 Å². The first kappa shape index (κ1) is 27.2. The van der Waals surface area contributed by atoms with Gasteiger partial charge in [0.15, 0.2) is 0 Å². The summed E-state index contributed by atoms with van der Waals surface area (Å²) >= 11 is 0. The lowest BCUT2D eigenvalue weighted by atomic mass is 9.96. The maximum Gasteiger partial charge on any atom is 0.407 e. The molecule has 7 heteroatoms. The van der Waals surface area contributed by atoms with Crippen molar-refractivity contribution >= 4 is 18.0 Å². The standard InChI is InChI=1S/C29H38N2O5/c1-8-18(2)24(25(32)31-29(6,7)26(33)36-28(3,4)5)30-27(34)35-17-23-21-15-11-9-13-19(21)20-14-10-12-16-22(20)23/h9-16,18,23-24H,8,17H2,1-7H3,(H,30,34)(H,31,32)/t18-,24-/m0/s1. The number of esters is 1. The van der Waals surface area contributed by atoms with Crippen LogP contribution in [-0.4, -0.2) is 41.8 Å². The van der Waals surface area contributed by atoms with Crippen LogP contribution in [0, 0.1) is 5.92 Å². The predicted molar refractivity (Wildman–Crippen MR) is 140 cm³/mol. The van der Waals surface area contributed by atoms with Crippen molar-refractivity contribution in [1.82, 2.24) is 10.6 Å². The molecule has 3 rings (SSSR count). The molecule has 0 aliphatic heterocycles. The molecule has 0 unspecified atom stereocenters. The van der Waals surface area contributed by atoms with Gasteiger partial charge in [0.25, 0.3) is 0 Å². The molecule has 0 aromatic heterocycles. The zero-order chi connectivity index (χ0) is 26.7. The summed E-state index contributed by atoms with van der Waals surface area (Å²) < 4.78 is 11.1. The third kappa shape index (κ3) is 6.25. The Morgan fingerprint density at radius 3 is 1.94 bits per heavy atom. The van der Waals surface area contributed by atoms with Crippen LogP contribution >= 0.6 is 0 Å². The van der Waals surface area contributed by atoms with Crippen molar-refractivity contribution in [3.63, 3.8) is 0 Å². The summed E-state index contributed by atoms with van der Waals surface area (Å²) in [6, 6.07) is 15.3. The van der Waals surface area contributed by atoms with Gasteiger partial charge in [-0.1, -0.05) is 68.8 Å². The van der Waals surface area contributed by atoms with Crippen molar-refractivity contribution in [2.45, 2.75) is 78.0 Å². The molecule has 0 saturated heterocycles. The Morgan fingerprint density at radius 1 is 0.917 bits per heavy atom. The van der Waals surface area contributed by atoms with Gasteiger partial charge in [0, 0.05) is 5.92 Å². The average Bonchev–Trinajstić information content (AvgIpc) is 3.13. The first-order valence-electron chi connectivity index (χ1n) is 12.5. The summed E-state index contributed by atoms with van der Waals surface area (Å²) in [4.78, 5) is 38.6. The van der Waals surface area contributed by atoms with Gasteiger partial charge in [-0.2, -0.15) is 0 Å². The molecule has 0 radical (unpaired) electrons. The number of rotatable bonds is 8. The number of nitrogens with one attached hydrogen (secondary N) is 2. The molecular formula is C29H38N2O5. The van der Waals surface area contributed by atoms with Crippen LogP contribution in [-0.2, 0) is 19.1 Å². The highest BCUT2D eigenvalue weighted by Crippen LogP contribution is 2.44. The number of benzene rings is 2. The quantitative estimate of drug-likeness (QED) is 0.494. The molecule has 194 valence electrons. The van der Waals surface area contributed by atoms with E-state index in [4.69, 9.17) is 9.47 Å². The molecule has 2 amide bonds. The number of fused-ring (bicyclic) bond motifs is 3. The summed E-state index contributed by atoms with van der Waals surface area (Å²) in [5.41, 5.74) is 2.56. The molecule has 0 fully saturated rings. The van der Waals surface area contributed by atoms with Gasteiger partial charge in [-0.15, -0.1) is 0 Å². The van der Waals surface area contributed by atoms with E-state index in [9.17, 15) is 14.4 Å². The van der Waals surface area contributed by atoms with Crippen molar-refractivity contribution in [3.8, 4) is 11.1 Å². The second kappa shape index (κ2) is 10.7. The zero-order valence-corrected chi connectivity index (χ0v) is 22.3. The minimum absolute atomic E-state index is 0.0786. The number of alkyl carbamates (subject to hydrolysis) is 1. The number of ether oxygens (including phenoxy) is 2. The van der Waals surface area contributed by atoms with Crippen LogP contribution in [0.3, 0.4) is 0 Å². The van der Waals surface area contributed by atoms with E-state index in [1.165, 1.54) is 0 Å². The van der Waals surface area contributed by atoms with Crippen molar-refractivity contribution < 1.29 is 23.9 Å². The smallest absolute Gasteiger partial charge is 0.407 e. The van der Waals surface area contributed by atoms with Gasteiger partial charge >= 0.3 is 12.1 Å². The van der Waals surface area contributed by atoms with Gasteiger partial charge < -0.3 is 20.1 Å². The Morgan fingerprint density at radius 2 is 1.44 bits per heavy atom. The zero-order valence-electron chi connectivity index (χ0n) is 22.3. The number of hydrogen-bond acceptors (Lipinski definition) is 5. The molecule has 36 heavy (non-hydrogen) atoms. The summed E-state index contributed by atoms with van der Waals surface area (Å²) in [6.07, 6.45) is -0.0263. The Bertz CT molecular complexity index is 1070. The summed E-state index contributed by atoms with van der Waals surface area (Å²) in [6.45, 7) is 12.4. The van der Waals surface area contributed by atoms with Gasteiger partial charge in [0.1, 0.15) is 23.8 Å². The predicted octanol–water partition coefficient (Wildman–Crippen LogP) is 5.18. The van der Waals surface area contributed by atoms with E-state index in [0.717, 1.165) is 22.3 Å². The lowest BCUT2D eigenvalue weighted by Gasteiger charge is -2.32. The molecule has 2 N–H and O–H groups in total. The van der Waals surface area contributed by atoms with Crippen LogP contribution in [0.15, 0.2) is 48.5 Å². The third-order valence-corrected chi connectivity index (χ3v) is 6.46. The molecule has 7 nitrogen and oxygen atoms in total. The van der Waals surface area contributed by atoms with E-state index in [-0.39, 0.29) is 18.4 Å². The summed E-state index contributed by atoms with van der Waals surface area (Å²) in [5.74, 6) is -1.27. The Labute approximate surface area is 213 Å². The van der Waals surface area contributed by atoms with E-state index < -0.39 is 35.2 Å². The second-order valence-corrected chi connectivity index (χ2v) is 10.9. The molecule has 0 heterocycles. The first-order chi connectivity index (χ1) is 16.8. The van der Waals surface area contributed by atoms with Crippen LogP contribution in [0.4, 0.5) is 4.79 Å². The monoisotopic (exact) mass is 494 g/mol. The second-order valence-electron chi connectivity index (χ2n) is 10.9. The van der Waals surface area contributed by atoms with Gasteiger partial charge in [-0.3, -0.25) is 4.79 Å². The third-order valence-electron chi connectivity index (χ3n) is 6.46. The normalized spacial score (nSPS) is 14.8. The number of carbonyl (C=O) groups is 3. The Balaban J connectivity index is 1.68. The Hall–Kier alpha value is -3.35. The highest BCUT2D eigenvalue weighted by Gasteiger charge is 2.38. The minimum Gasteiger partial charge on any atom is -0.458 e. The molecule has 1 aliphatic rings. The largest absolute Gasteiger partial charge is 0.458 e. The highest BCUT2D eigenvalue weighted by atomic mass is 16.6. The van der Waals surface area contributed by atoms with Gasteiger partial charge in [-0.25, -0.2) is 9.59 Å². The van der Waals surface area contributed by atoms with Crippen LogP contribution in [0.2, 0.25) is 0 Å². The molecular weight excluding hydrogens is 456 g/mol. The molecule has 0 bridgehead atoms. The molecule has 2 aromatic rings. The lowest BCUT2D eigenvalue weighted by Crippen LogP contribution is -2.59. The van der Waals surface area contributed by atoms with Crippen molar-refractivity contribution in [1.29, 1.82) is 0 Å². The van der Waals surface area contributed by atoms with E-state index in [1.54, 1.807) is 34.6 Å². The maximum absolute atomic E-state index is 13.2. The molecule has 2 aromatic carbocycles. The van der Waals surface area contributed by atoms with Crippen LogP contribution in [0.5, 0.6) is 0 Å².